The van der Waals surface area contributed by atoms with Crippen molar-refractivity contribution in [1.82, 2.24) is 15.8 Å². The van der Waals surface area contributed by atoms with Crippen LogP contribution in [0.25, 0.3) is 0 Å². The molecule has 2 aromatic rings. The first kappa shape index (κ1) is 21.0. The molecule has 134 valence electrons. The molecule has 2 N–H and O–H groups in total. The van der Waals surface area contributed by atoms with E-state index >= 15 is 0 Å². The lowest BCUT2D eigenvalue weighted by Crippen LogP contribution is -2.39. The van der Waals surface area contributed by atoms with Gasteiger partial charge in [0.05, 0.1) is 12.2 Å². The van der Waals surface area contributed by atoms with E-state index in [9.17, 15) is 0 Å². The Balaban J connectivity index is 0.00000288. The normalized spacial score (nSPS) is 12.8. The predicted octanol–water partition coefficient (Wildman–Crippen LogP) is 4.02. The highest BCUT2D eigenvalue weighted by Gasteiger charge is 2.09. The molecule has 0 aromatic carbocycles. The van der Waals surface area contributed by atoms with Gasteiger partial charge in [0.1, 0.15) is 0 Å². The monoisotopic (exact) mass is 462 g/mol. The van der Waals surface area contributed by atoms with Crippen molar-refractivity contribution in [2.24, 2.45) is 10.9 Å². The average molecular weight is 462 g/mol. The van der Waals surface area contributed by atoms with Crippen LogP contribution in [0.3, 0.4) is 0 Å². The molecule has 1 unspecified atom stereocenters. The van der Waals surface area contributed by atoms with Gasteiger partial charge in [0.15, 0.2) is 11.7 Å². The number of rotatable bonds is 7. The summed E-state index contributed by atoms with van der Waals surface area (Å²) in [5, 5.41) is 12.8. The molecule has 0 bridgehead atoms. The molecule has 2 heterocycles. The molecule has 0 fully saturated rings. The zero-order valence-electron chi connectivity index (χ0n) is 14.7. The Morgan fingerprint density at radius 3 is 2.71 bits per heavy atom. The third-order valence-electron chi connectivity index (χ3n) is 3.57. The highest BCUT2D eigenvalue weighted by molar-refractivity contribution is 14.0. The molecule has 1 atom stereocenters. The molecule has 7 heteroatoms. The first-order chi connectivity index (χ1) is 11.1. The Bertz CT molecular complexity index is 610. The van der Waals surface area contributed by atoms with Crippen molar-refractivity contribution < 1.29 is 4.52 Å². The maximum absolute atomic E-state index is 5.32. The van der Waals surface area contributed by atoms with E-state index in [1.54, 1.807) is 7.05 Å². The summed E-state index contributed by atoms with van der Waals surface area (Å²) in [7, 11) is 1.78. The zero-order valence-corrected chi connectivity index (χ0v) is 17.9. The highest BCUT2D eigenvalue weighted by Crippen LogP contribution is 2.14. The number of hydrogen-bond donors (Lipinski definition) is 2. The molecule has 2 aromatic heterocycles. The van der Waals surface area contributed by atoms with E-state index in [0.717, 1.165) is 30.4 Å². The van der Waals surface area contributed by atoms with Crippen LogP contribution < -0.4 is 10.6 Å². The minimum absolute atomic E-state index is 0. The number of aromatic nitrogens is 1. The second kappa shape index (κ2) is 10.7. The summed E-state index contributed by atoms with van der Waals surface area (Å²) in [4.78, 5) is 5.67. The number of guanidine groups is 1. The Morgan fingerprint density at radius 2 is 2.12 bits per heavy atom. The number of hydrogen-bond acceptors (Lipinski definition) is 4. The van der Waals surface area contributed by atoms with Gasteiger partial charge in [-0.25, -0.2) is 0 Å². The van der Waals surface area contributed by atoms with Crippen LogP contribution in [0, 0.1) is 5.92 Å². The third kappa shape index (κ3) is 6.80. The van der Waals surface area contributed by atoms with Gasteiger partial charge in [-0.2, -0.15) is 0 Å². The van der Waals surface area contributed by atoms with Gasteiger partial charge in [-0.3, -0.25) is 4.99 Å². The van der Waals surface area contributed by atoms with Crippen LogP contribution in [0.5, 0.6) is 0 Å². The Labute approximate surface area is 165 Å². The van der Waals surface area contributed by atoms with Crippen molar-refractivity contribution in [3.8, 4) is 0 Å². The topological polar surface area (TPSA) is 62.5 Å². The van der Waals surface area contributed by atoms with E-state index in [-0.39, 0.29) is 24.0 Å². The summed E-state index contributed by atoms with van der Waals surface area (Å²) in [6.07, 6.45) is 1.08. The van der Waals surface area contributed by atoms with Crippen molar-refractivity contribution >= 4 is 41.3 Å². The SMILES string of the molecule is CN=C(NCc1cc(C(C)C)no1)NCC(C)Cc1cccs1.I. The first-order valence-corrected chi connectivity index (χ1v) is 8.88. The van der Waals surface area contributed by atoms with Gasteiger partial charge in [0.2, 0.25) is 0 Å². The van der Waals surface area contributed by atoms with Crippen LogP contribution in [0.4, 0.5) is 0 Å². The van der Waals surface area contributed by atoms with E-state index in [1.807, 2.05) is 17.4 Å². The second-order valence-electron chi connectivity index (χ2n) is 6.07. The quantitative estimate of drug-likeness (QED) is 0.371. The van der Waals surface area contributed by atoms with Gasteiger partial charge in [-0.1, -0.05) is 32.0 Å². The van der Waals surface area contributed by atoms with Crippen LogP contribution in [0.2, 0.25) is 0 Å². The molecular formula is C17H27IN4OS. The first-order valence-electron chi connectivity index (χ1n) is 8.01. The summed E-state index contributed by atoms with van der Waals surface area (Å²) >= 11 is 1.81. The predicted molar refractivity (Wildman–Crippen MR) is 111 cm³/mol. The molecule has 24 heavy (non-hydrogen) atoms. The van der Waals surface area contributed by atoms with E-state index in [4.69, 9.17) is 4.52 Å². The fraction of sp³-hybridized carbons (Fsp3) is 0.529. The largest absolute Gasteiger partial charge is 0.359 e. The van der Waals surface area contributed by atoms with Gasteiger partial charge < -0.3 is 15.2 Å². The molecular weight excluding hydrogens is 435 g/mol. The Hall–Kier alpha value is -1.09. The van der Waals surface area contributed by atoms with Crippen LogP contribution >= 0.6 is 35.3 Å². The van der Waals surface area contributed by atoms with Crippen molar-refractivity contribution in [3.63, 3.8) is 0 Å². The molecule has 0 saturated heterocycles. The summed E-state index contributed by atoms with van der Waals surface area (Å²) in [6.45, 7) is 7.91. The lowest BCUT2D eigenvalue weighted by molar-refractivity contribution is 0.371. The standard InChI is InChI=1S/C17H26N4OS.HI/c1-12(2)16-9-14(22-21-16)11-20-17(18-4)19-10-13(3)8-15-6-5-7-23-15;/h5-7,9,12-13H,8,10-11H2,1-4H3,(H2,18,19,20);1H. The van der Waals surface area contributed by atoms with Crippen molar-refractivity contribution in [3.05, 3.63) is 39.9 Å². The Morgan fingerprint density at radius 1 is 1.33 bits per heavy atom. The average Bonchev–Trinajstić information content (AvgIpc) is 3.18. The molecule has 2 rings (SSSR count). The minimum Gasteiger partial charge on any atom is -0.359 e. The molecule has 0 aliphatic heterocycles. The van der Waals surface area contributed by atoms with E-state index in [1.165, 1.54) is 4.88 Å². The van der Waals surface area contributed by atoms with Gasteiger partial charge in [0, 0.05) is 24.5 Å². The zero-order chi connectivity index (χ0) is 16.7. The van der Waals surface area contributed by atoms with Gasteiger partial charge >= 0.3 is 0 Å². The van der Waals surface area contributed by atoms with Crippen LogP contribution in [0.1, 0.15) is 43.0 Å². The maximum atomic E-state index is 5.32. The minimum atomic E-state index is 0. The number of halogens is 1. The lowest BCUT2D eigenvalue weighted by atomic mass is 10.1. The summed E-state index contributed by atoms with van der Waals surface area (Å²) in [5.41, 5.74) is 0.981. The smallest absolute Gasteiger partial charge is 0.191 e. The van der Waals surface area contributed by atoms with Gasteiger partial charge in [-0.15, -0.1) is 35.3 Å². The molecule has 5 nitrogen and oxygen atoms in total. The van der Waals surface area contributed by atoms with Crippen molar-refractivity contribution in [2.75, 3.05) is 13.6 Å². The van der Waals surface area contributed by atoms with Gasteiger partial charge in [0.25, 0.3) is 0 Å². The fourth-order valence-corrected chi connectivity index (χ4v) is 3.06. The van der Waals surface area contributed by atoms with Crippen molar-refractivity contribution in [1.29, 1.82) is 0 Å². The third-order valence-corrected chi connectivity index (χ3v) is 4.47. The summed E-state index contributed by atoms with van der Waals surface area (Å²) in [6, 6.07) is 6.28. The number of aliphatic imine (C=N–C) groups is 1. The maximum Gasteiger partial charge on any atom is 0.191 e. The number of thiophene rings is 1. The fourth-order valence-electron chi connectivity index (χ4n) is 2.19. The van der Waals surface area contributed by atoms with Crippen LogP contribution in [-0.4, -0.2) is 24.7 Å². The van der Waals surface area contributed by atoms with Crippen molar-refractivity contribution in [2.45, 2.75) is 39.7 Å². The number of nitrogens with one attached hydrogen (secondary N) is 2. The van der Waals surface area contributed by atoms with E-state index in [2.05, 4.69) is 59.1 Å². The van der Waals surface area contributed by atoms with E-state index in [0.29, 0.717) is 18.4 Å². The molecule has 0 amide bonds. The second-order valence-corrected chi connectivity index (χ2v) is 7.10. The van der Waals surface area contributed by atoms with Gasteiger partial charge in [-0.05, 0) is 29.7 Å². The Kier molecular flexibility index (Phi) is 9.35. The summed E-state index contributed by atoms with van der Waals surface area (Å²) < 4.78 is 5.32. The lowest BCUT2D eigenvalue weighted by Gasteiger charge is -2.15. The molecule has 0 aliphatic carbocycles. The number of nitrogens with zero attached hydrogens (tertiary/aromatic N) is 2. The molecule has 0 saturated carbocycles. The van der Waals surface area contributed by atoms with Crippen LogP contribution in [-0.2, 0) is 13.0 Å². The molecule has 0 radical (unpaired) electrons. The molecule has 0 aliphatic rings. The van der Waals surface area contributed by atoms with E-state index < -0.39 is 0 Å². The highest BCUT2D eigenvalue weighted by atomic mass is 127. The van der Waals surface area contributed by atoms with Crippen LogP contribution in [0.15, 0.2) is 33.1 Å². The molecule has 0 spiro atoms. The summed E-state index contributed by atoms with van der Waals surface area (Å²) in [5.74, 6) is 2.53.